The molecule has 0 spiro atoms. The largest absolute Gasteiger partial charge is 0.361 e. The third-order valence-electron chi connectivity index (χ3n) is 3.34. The zero-order valence-electron chi connectivity index (χ0n) is 11.5. The van der Waals surface area contributed by atoms with E-state index in [4.69, 9.17) is 0 Å². The molecule has 3 N–H and O–H groups in total. The van der Waals surface area contributed by atoms with Crippen molar-refractivity contribution in [3.8, 4) is 0 Å². The summed E-state index contributed by atoms with van der Waals surface area (Å²) in [6, 6.07) is 9.02. The van der Waals surface area contributed by atoms with E-state index in [1.54, 1.807) is 0 Å². The number of hydrogen-bond donors (Lipinski definition) is 3. The van der Waals surface area contributed by atoms with Crippen LogP contribution in [0.2, 0.25) is 0 Å². The molecule has 0 bridgehead atoms. The SMILES string of the molecule is CNCc1c[nH]c2cc(Nc3cc(F)ccc3F)ccc12. The Balaban J connectivity index is 1.93. The van der Waals surface area contributed by atoms with Crippen LogP contribution in [0.15, 0.2) is 42.6 Å². The number of rotatable bonds is 4. The van der Waals surface area contributed by atoms with Gasteiger partial charge in [-0.25, -0.2) is 8.78 Å². The van der Waals surface area contributed by atoms with Gasteiger partial charge in [0.25, 0.3) is 0 Å². The molecule has 0 atom stereocenters. The third kappa shape index (κ3) is 2.73. The average Bonchev–Trinajstić information content (AvgIpc) is 2.86. The highest BCUT2D eigenvalue weighted by atomic mass is 19.1. The minimum absolute atomic E-state index is 0.122. The van der Waals surface area contributed by atoms with E-state index in [1.165, 1.54) is 0 Å². The van der Waals surface area contributed by atoms with Crippen LogP contribution in [-0.2, 0) is 6.54 Å². The lowest BCUT2D eigenvalue weighted by molar-refractivity contribution is 0.603. The molecule has 0 aliphatic rings. The van der Waals surface area contributed by atoms with Crippen LogP contribution in [0.1, 0.15) is 5.56 Å². The molecule has 108 valence electrons. The molecule has 0 amide bonds. The Kier molecular flexibility index (Phi) is 3.58. The van der Waals surface area contributed by atoms with Crippen LogP contribution in [0.3, 0.4) is 0 Å². The summed E-state index contributed by atoms with van der Waals surface area (Å²) < 4.78 is 26.8. The van der Waals surface area contributed by atoms with E-state index < -0.39 is 11.6 Å². The van der Waals surface area contributed by atoms with E-state index in [1.807, 2.05) is 31.4 Å². The zero-order chi connectivity index (χ0) is 14.8. The molecule has 0 saturated carbocycles. The Labute approximate surface area is 121 Å². The monoisotopic (exact) mass is 287 g/mol. The Hall–Kier alpha value is -2.40. The minimum atomic E-state index is -0.487. The molecular formula is C16H15F2N3. The van der Waals surface area contributed by atoms with Crippen LogP contribution < -0.4 is 10.6 Å². The van der Waals surface area contributed by atoms with Crippen molar-refractivity contribution in [2.75, 3.05) is 12.4 Å². The van der Waals surface area contributed by atoms with E-state index in [0.717, 1.165) is 41.2 Å². The van der Waals surface area contributed by atoms with Gasteiger partial charge in [-0.3, -0.25) is 0 Å². The van der Waals surface area contributed by atoms with Gasteiger partial charge in [0.05, 0.1) is 5.69 Å². The molecule has 0 aliphatic carbocycles. The minimum Gasteiger partial charge on any atom is -0.361 e. The van der Waals surface area contributed by atoms with Crippen molar-refractivity contribution >= 4 is 22.3 Å². The molecule has 3 rings (SSSR count). The summed E-state index contributed by atoms with van der Waals surface area (Å²) in [5.41, 5.74) is 2.93. The van der Waals surface area contributed by atoms with Gasteiger partial charge in [0.15, 0.2) is 0 Å². The molecule has 1 heterocycles. The van der Waals surface area contributed by atoms with E-state index in [2.05, 4.69) is 15.6 Å². The first-order chi connectivity index (χ1) is 10.2. The highest BCUT2D eigenvalue weighted by Crippen LogP contribution is 2.25. The second-order valence-electron chi connectivity index (χ2n) is 4.85. The van der Waals surface area contributed by atoms with Gasteiger partial charge in [-0.1, -0.05) is 6.07 Å². The first-order valence-electron chi connectivity index (χ1n) is 6.64. The van der Waals surface area contributed by atoms with Crippen LogP contribution in [0.4, 0.5) is 20.2 Å². The molecule has 0 radical (unpaired) electrons. The van der Waals surface area contributed by atoms with Gasteiger partial charge in [0.1, 0.15) is 11.6 Å². The molecule has 3 aromatic rings. The molecule has 2 aromatic carbocycles. The summed E-state index contributed by atoms with van der Waals surface area (Å²) in [7, 11) is 1.89. The lowest BCUT2D eigenvalue weighted by Gasteiger charge is -2.08. The van der Waals surface area contributed by atoms with Crippen LogP contribution in [-0.4, -0.2) is 12.0 Å². The molecule has 21 heavy (non-hydrogen) atoms. The fourth-order valence-electron chi connectivity index (χ4n) is 2.35. The first kappa shape index (κ1) is 13.6. The summed E-state index contributed by atoms with van der Waals surface area (Å²) in [6.07, 6.45) is 1.94. The van der Waals surface area contributed by atoms with Crippen molar-refractivity contribution < 1.29 is 8.78 Å². The van der Waals surface area contributed by atoms with E-state index in [0.29, 0.717) is 5.69 Å². The smallest absolute Gasteiger partial charge is 0.146 e. The Morgan fingerprint density at radius 3 is 2.76 bits per heavy atom. The number of hydrogen-bond acceptors (Lipinski definition) is 2. The summed E-state index contributed by atoms with van der Waals surface area (Å²) in [5, 5.41) is 7.11. The molecule has 0 unspecified atom stereocenters. The molecule has 3 nitrogen and oxygen atoms in total. The predicted octanol–water partition coefficient (Wildman–Crippen LogP) is 3.91. The number of nitrogens with one attached hydrogen (secondary N) is 3. The molecule has 0 saturated heterocycles. The number of aromatic nitrogens is 1. The topological polar surface area (TPSA) is 39.9 Å². The quantitative estimate of drug-likeness (QED) is 0.681. The second-order valence-corrected chi connectivity index (χ2v) is 4.85. The Morgan fingerprint density at radius 1 is 1.10 bits per heavy atom. The summed E-state index contributed by atoms with van der Waals surface area (Å²) >= 11 is 0. The van der Waals surface area contributed by atoms with Crippen molar-refractivity contribution in [1.29, 1.82) is 0 Å². The maximum absolute atomic E-state index is 13.6. The molecule has 0 aliphatic heterocycles. The molecule has 0 fully saturated rings. The van der Waals surface area contributed by atoms with Gasteiger partial charge in [-0.2, -0.15) is 0 Å². The highest BCUT2D eigenvalue weighted by Gasteiger charge is 2.07. The lowest BCUT2D eigenvalue weighted by atomic mass is 10.1. The van der Waals surface area contributed by atoms with Crippen molar-refractivity contribution in [3.63, 3.8) is 0 Å². The standard InChI is InChI=1S/C16H15F2N3/c1-19-8-10-9-20-15-7-12(3-4-13(10)15)21-16-6-11(17)2-5-14(16)18/h2-7,9,19-21H,8H2,1H3. The molecule has 1 aromatic heterocycles. The Morgan fingerprint density at radius 2 is 1.95 bits per heavy atom. The van der Waals surface area contributed by atoms with Crippen molar-refractivity contribution in [2.24, 2.45) is 0 Å². The number of halogens is 2. The number of aromatic amines is 1. The summed E-state index contributed by atoms with van der Waals surface area (Å²) in [6.45, 7) is 0.769. The number of benzene rings is 2. The van der Waals surface area contributed by atoms with Crippen molar-refractivity contribution in [2.45, 2.75) is 6.54 Å². The Bertz CT molecular complexity index is 780. The van der Waals surface area contributed by atoms with Gasteiger partial charge in [-0.15, -0.1) is 0 Å². The maximum atomic E-state index is 13.6. The van der Waals surface area contributed by atoms with Gasteiger partial charge < -0.3 is 15.6 Å². The predicted molar refractivity (Wildman–Crippen MR) is 80.7 cm³/mol. The zero-order valence-corrected chi connectivity index (χ0v) is 11.5. The lowest BCUT2D eigenvalue weighted by Crippen LogP contribution is -2.03. The molecule has 5 heteroatoms. The van der Waals surface area contributed by atoms with Gasteiger partial charge in [0.2, 0.25) is 0 Å². The third-order valence-corrected chi connectivity index (χ3v) is 3.34. The number of anilines is 2. The summed E-state index contributed by atoms with van der Waals surface area (Å²) in [4.78, 5) is 3.18. The van der Waals surface area contributed by atoms with E-state index >= 15 is 0 Å². The van der Waals surface area contributed by atoms with Gasteiger partial charge >= 0.3 is 0 Å². The van der Waals surface area contributed by atoms with Gasteiger partial charge in [-0.05, 0) is 36.9 Å². The normalized spacial score (nSPS) is 11.0. The second kappa shape index (κ2) is 5.54. The first-order valence-corrected chi connectivity index (χ1v) is 6.64. The van der Waals surface area contributed by atoms with Crippen LogP contribution in [0, 0.1) is 11.6 Å². The van der Waals surface area contributed by atoms with Crippen molar-refractivity contribution in [1.82, 2.24) is 10.3 Å². The number of H-pyrrole nitrogens is 1. The van der Waals surface area contributed by atoms with Crippen LogP contribution >= 0.6 is 0 Å². The fraction of sp³-hybridized carbons (Fsp3) is 0.125. The van der Waals surface area contributed by atoms with E-state index in [9.17, 15) is 8.78 Å². The van der Waals surface area contributed by atoms with Crippen molar-refractivity contribution in [3.05, 3.63) is 59.8 Å². The average molecular weight is 287 g/mol. The molecular weight excluding hydrogens is 272 g/mol. The van der Waals surface area contributed by atoms with Crippen LogP contribution in [0.25, 0.3) is 10.9 Å². The fourth-order valence-corrected chi connectivity index (χ4v) is 2.35. The highest BCUT2D eigenvalue weighted by molar-refractivity contribution is 5.87. The van der Waals surface area contributed by atoms with Gasteiger partial charge in [0, 0.05) is 35.4 Å². The van der Waals surface area contributed by atoms with E-state index in [-0.39, 0.29) is 5.69 Å². The summed E-state index contributed by atoms with van der Waals surface area (Å²) in [5.74, 6) is -0.963. The number of fused-ring (bicyclic) bond motifs is 1. The van der Waals surface area contributed by atoms with Crippen LogP contribution in [0.5, 0.6) is 0 Å². The maximum Gasteiger partial charge on any atom is 0.146 e.